The number of rotatable bonds is 5. The number of methoxy groups -OCH3 is 1. The van der Waals surface area contributed by atoms with Gasteiger partial charge in [0.15, 0.2) is 11.6 Å². The van der Waals surface area contributed by atoms with Crippen LogP contribution in [0.15, 0.2) is 12.3 Å². The molecule has 152 valence electrons. The predicted molar refractivity (Wildman–Crippen MR) is 105 cm³/mol. The molecule has 0 unspecified atom stereocenters. The standard InChI is InChI=1S/C18H29N2O6P/c1-17(2,3)11-18(4,5)26-16(22)25-15(21)20-14-13(24-6)9-12(10-19-14)27(7,8)23/h9-10H,11H2,1-8H3,(H,19,20,21). The summed E-state index contributed by atoms with van der Waals surface area (Å²) in [5.41, 5.74) is -0.861. The maximum Gasteiger partial charge on any atom is 0.517 e. The molecule has 1 rings (SSSR count). The van der Waals surface area contributed by atoms with E-state index in [1.54, 1.807) is 27.2 Å². The molecule has 0 fully saturated rings. The lowest BCUT2D eigenvalue weighted by atomic mass is 9.84. The van der Waals surface area contributed by atoms with E-state index in [4.69, 9.17) is 9.47 Å². The molecule has 0 bridgehead atoms. The minimum absolute atomic E-state index is 0.0430. The molecule has 1 heterocycles. The molecule has 0 radical (unpaired) electrons. The van der Waals surface area contributed by atoms with Gasteiger partial charge >= 0.3 is 12.2 Å². The Kier molecular flexibility index (Phi) is 7.05. The number of aromatic nitrogens is 1. The van der Waals surface area contributed by atoms with Crippen LogP contribution in [0.1, 0.15) is 41.0 Å². The molecule has 0 saturated carbocycles. The van der Waals surface area contributed by atoms with Crippen LogP contribution in [0.3, 0.4) is 0 Å². The van der Waals surface area contributed by atoms with E-state index in [0.29, 0.717) is 11.7 Å². The summed E-state index contributed by atoms with van der Waals surface area (Å²) in [6.45, 7) is 12.7. The van der Waals surface area contributed by atoms with Crippen LogP contribution in [0.4, 0.5) is 15.4 Å². The fourth-order valence-electron chi connectivity index (χ4n) is 2.74. The molecule has 0 saturated heterocycles. The Morgan fingerprint density at radius 3 is 2.26 bits per heavy atom. The minimum Gasteiger partial charge on any atom is -0.493 e. The van der Waals surface area contributed by atoms with Crippen LogP contribution >= 0.6 is 7.14 Å². The van der Waals surface area contributed by atoms with Crippen molar-refractivity contribution in [1.82, 2.24) is 4.98 Å². The fourth-order valence-corrected chi connectivity index (χ4v) is 3.50. The summed E-state index contributed by atoms with van der Waals surface area (Å²) < 4.78 is 27.2. The van der Waals surface area contributed by atoms with Gasteiger partial charge in [0.05, 0.1) is 7.11 Å². The summed E-state index contributed by atoms with van der Waals surface area (Å²) in [7, 11) is -1.15. The van der Waals surface area contributed by atoms with Crippen molar-refractivity contribution in [3.8, 4) is 5.75 Å². The van der Waals surface area contributed by atoms with Crippen molar-refractivity contribution in [1.29, 1.82) is 0 Å². The number of anilines is 1. The molecule has 0 atom stereocenters. The third kappa shape index (κ3) is 7.99. The van der Waals surface area contributed by atoms with Gasteiger partial charge in [-0.3, -0.25) is 5.32 Å². The molecule has 0 aliphatic heterocycles. The molecule has 1 amide bonds. The molecule has 0 aromatic carbocycles. The van der Waals surface area contributed by atoms with Crippen LogP contribution in [-0.2, 0) is 14.0 Å². The smallest absolute Gasteiger partial charge is 0.493 e. The van der Waals surface area contributed by atoms with Crippen LogP contribution in [-0.4, -0.2) is 43.3 Å². The van der Waals surface area contributed by atoms with Gasteiger partial charge in [-0.1, -0.05) is 20.8 Å². The van der Waals surface area contributed by atoms with Gasteiger partial charge in [0.2, 0.25) is 0 Å². The van der Waals surface area contributed by atoms with Crippen molar-refractivity contribution in [3.63, 3.8) is 0 Å². The quantitative estimate of drug-likeness (QED) is 0.448. The molecular formula is C18H29N2O6P. The first-order chi connectivity index (χ1) is 12.1. The van der Waals surface area contributed by atoms with Crippen molar-refractivity contribution in [2.24, 2.45) is 5.41 Å². The number of carbonyl (C=O) groups excluding carboxylic acids is 2. The number of nitrogens with one attached hydrogen (secondary N) is 1. The number of amides is 1. The SMILES string of the molecule is COc1cc(P(C)(C)=O)cnc1NC(=O)OC(=O)OC(C)(C)CC(C)(C)C. The van der Waals surface area contributed by atoms with Gasteiger partial charge in [-0.05, 0) is 45.1 Å². The van der Waals surface area contributed by atoms with Gasteiger partial charge in [-0.25, -0.2) is 14.6 Å². The highest BCUT2D eigenvalue weighted by Crippen LogP contribution is 2.36. The second kappa shape index (κ2) is 8.30. The molecule has 1 aromatic heterocycles. The Labute approximate surface area is 160 Å². The molecule has 9 heteroatoms. The Hall–Kier alpha value is -2.08. The van der Waals surface area contributed by atoms with Crippen molar-refractivity contribution in [3.05, 3.63) is 12.3 Å². The molecule has 0 aliphatic carbocycles. The molecule has 1 aromatic rings. The first kappa shape index (κ1) is 23.0. The van der Waals surface area contributed by atoms with Gasteiger partial charge in [-0.2, -0.15) is 0 Å². The summed E-state index contributed by atoms with van der Waals surface area (Å²) >= 11 is 0. The number of hydrogen-bond donors (Lipinski definition) is 1. The summed E-state index contributed by atoms with van der Waals surface area (Å²) in [4.78, 5) is 27.9. The van der Waals surface area contributed by atoms with Gasteiger partial charge in [0.1, 0.15) is 12.7 Å². The maximum atomic E-state index is 12.1. The predicted octanol–water partition coefficient (Wildman–Crippen LogP) is 4.24. The van der Waals surface area contributed by atoms with E-state index in [9.17, 15) is 14.2 Å². The Balaban J connectivity index is 2.77. The number of ether oxygens (including phenoxy) is 3. The monoisotopic (exact) mass is 400 g/mol. The third-order valence-electron chi connectivity index (χ3n) is 3.39. The second-order valence-electron chi connectivity index (χ2n) is 8.46. The fraction of sp³-hybridized carbons (Fsp3) is 0.611. The Morgan fingerprint density at radius 2 is 1.78 bits per heavy atom. The van der Waals surface area contributed by atoms with Crippen molar-refractivity contribution in [2.75, 3.05) is 25.8 Å². The number of nitrogens with zero attached hydrogens (tertiary/aromatic N) is 1. The van der Waals surface area contributed by atoms with E-state index in [1.165, 1.54) is 19.4 Å². The first-order valence-electron chi connectivity index (χ1n) is 8.44. The summed E-state index contributed by atoms with van der Waals surface area (Å²) in [5, 5.41) is 2.82. The van der Waals surface area contributed by atoms with Crippen LogP contribution in [0.5, 0.6) is 5.75 Å². The largest absolute Gasteiger partial charge is 0.517 e. The second-order valence-corrected chi connectivity index (χ2v) is 11.7. The summed E-state index contributed by atoms with van der Waals surface area (Å²) in [6, 6.07) is 1.52. The molecule has 27 heavy (non-hydrogen) atoms. The van der Waals surface area contributed by atoms with E-state index in [0.717, 1.165) is 0 Å². The number of pyridine rings is 1. The average molecular weight is 400 g/mol. The van der Waals surface area contributed by atoms with Gasteiger partial charge in [0, 0.05) is 11.5 Å². The maximum absolute atomic E-state index is 12.1. The van der Waals surface area contributed by atoms with Crippen molar-refractivity contribution < 1.29 is 28.4 Å². The van der Waals surface area contributed by atoms with Gasteiger partial charge < -0.3 is 18.8 Å². The zero-order valence-corrected chi connectivity index (χ0v) is 18.1. The normalized spacial score (nSPS) is 12.3. The van der Waals surface area contributed by atoms with E-state index in [1.807, 2.05) is 20.8 Å². The average Bonchev–Trinajstić information content (AvgIpc) is 2.42. The number of hydrogen-bond acceptors (Lipinski definition) is 7. The minimum atomic E-state index is -2.54. The Bertz CT molecular complexity index is 749. The molecule has 0 aliphatic rings. The highest BCUT2D eigenvalue weighted by atomic mass is 31.2. The zero-order chi connectivity index (χ0) is 21.0. The van der Waals surface area contributed by atoms with E-state index in [-0.39, 0.29) is 17.0 Å². The van der Waals surface area contributed by atoms with Crippen molar-refractivity contribution >= 4 is 30.5 Å². The lowest BCUT2D eigenvalue weighted by Gasteiger charge is -2.31. The van der Waals surface area contributed by atoms with Crippen LogP contribution in [0.25, 0.3) is 0 Å². The van der Waals surface area contributed by atoms with Gasteiger partial charge in [-0.15, -0.1) is 0 Å². The topological polar surface area (TPSA) is 104 Å². The molecule has 0 spiro atoms. The first-order valence-corrected chi connectivity index (χ1v) is 11.0. The lowest BCUT2D eigenvalue weighted by Crippen LogP contribution is -2.34. The highest BCUT2D eigenvalue weighted by Gasteiger charge is 2.30. The summed E-state index contributed by atoms with van der Waals surface area (Å²) in [5.74, 6) is 0.247. The summed E-state index contributed by atoms with van der Waals surface area (Å²) in [6.07, 6.45) is -0.198. The lowest BCUT2D eigenvalue weighted by molar-refractivity contribution is -0.0200. The molecule has 1 N–H and O–H groups in total. The zero-order valence-electron chi connectivity index (χ0n) is 17.2. The van der Waals surface area contributed by atoms with E-state index < -0.39 is 25.0 Å². The Morgan fingerprint density at radius 1 is 1.19 bits per heavy atom. The number of carbonyl (C=O) groups is 2. The van der Waals surface area contributed by atoms with Crippen LogP contribution in [0.2, 0.25) is 0 Å². The van der Waals surface area contributed by atoms with E-state index in [2.05, 4.69) is 15.0 Å². The highest BCUT2D eigenvalue weighted by molar-refractivity contribution is 7.70. The molecular weight excluding hydrogens is 371 g/mol. The van der Waals surface area contributed by atoms with Gasteiger partial charge in [0.25, 0.3) is 0 Å². The van der Waals surface area contributed by atoms with E-state index >= 15 is 0 Å². The van der Waals surface area contributed by atoms with Crippen LogP contribution in [0, 0.1) is 5.41 Å². The van der Waals surface area contributed by atoms with Crippen LogP contribution < -0.4 is 15.4 Å². The van der Waals surface area contributed by atoms with Crippen molar-refractivity contribution in [2.45, 2.75) is 46.6 Å². The third-order valence-corrected chi connectivity index (χ3v) is 4.88. The molecule has 8 nitrogen and oxygen atoms in total.